The summed E-state index contributed by atoms with van der Waals surface area (Å²) in [5.41, 5.74) is 12.8. The fourth-order valence-corrected chi connectivity index (χ4v) is 6.55. The van der Waals surface area contributed by atoms with E-state index in [1.54, 1.807) is 6.07 Å². The summed E-state index contributed by atoms with van der Waals surface area (Å²) >= 11 is 0. The van der Waals surface area contributed by atoms with Gasteiger partial charge in [-0.1, -0.05) is 60.7 Å². The second-order valence-corrected chi connectivity index (χ2v) is 11.4. The molecule has 3 saturated heterocycles. The van der Waals surface area contributed by atoms with E-state index in [-0.39, 0.29) is 5.91 Å². The van der Waals surface area contributed by atoms with Crippen molar-refractivity contribution in [2.75, 3.05) is 39.8 Å². The zero-order chi connectivity index (χ0) is 26.1. The number of amides is 1. The van der Waals surface area contributed by atoms with Crippen LogP contribution in [0, 0.1) is 0 Å². The molecule has 3 aliphatic rings. The smallest absolute Gasteiger partial charge is 0.248 e. The maximum absolute atomic E-state index is 11.7. The number of fused-ring (bicyclic) bond motifs is 2. The second-order valence-electron chi connectivity index (χ2n) is 11.4. The summed E-state index contributed by atoms with van der Waals surface area (Å²) in [7, 11) is 2.27. The third-order valence-electron chi connectivity index (χ3n) is 8.79. The van der Waals surface area contributed by atoms with Gasteiger partial charge in [0, 0.05) is 69.5 Å². The van der Waals surface area contributed by atoms with Crippen molar-refractivity contribution in [1.82, 2.24) is 20.0 Å². The lowest BCUT2D eigenvalue weighted by Gasteiger charge is -2.40. The number of nitrogens with zero attached hydrogens (tertiary/aromatic N) is 3. The van der Waals surface area contributed by atoms with Crippen molar-refractivity contribution in [3.63, 3.8) is 0 Å². The Balaban J connectivity index is 1.22. The zero-order valence-corrected chi connectivity index (χ0v) is 22.4. The molecular formula is C32H39N5O. The number of hydrogen-bond donors (Lipinski definition) is 2. The van der Waals surface area contributed by atoms with Crippen LogP contribution in [0.4, 0.5) is 0 Å². The molecule has 6 rings (SSSR count). The first kappa shape index (κ1) is 25.3. The molecule has 0 saturated carbocycles. The number of rotatable bonds is 8. The van der Waals surface area contributed by atoms with Crippen LogP contribution < -0.4 is 11.1 Å². The Morgan fingerprint density at radius 3 is 2.55 bits per heavy atom. The first-order chi connectivity index (χ1) is 18.5. The highest BCUT2D eigenvalue weighted by molar-refractivity contribution is 5.92. The summed E-state index contributed by atoms with van der Waals surface area (Å²) in [6, 6.07) is 27.4. The monoisotopic (exact) mass is 509 g/mol. The van der Waals surface area contributed by atoms with Gasteiger partial charge in [0.25, 0.3) is 0 Å². The summed E-state index contributed by atoms with van der Waals surface area (Å²) in [5, 5.41) is 3.64. The second kappa shape index (κ2) is 11.0. The summed E-state index contributed by atoms with van der Waals surface area (Å²) < 4.78 is 0. The van der Waals surface area contributed by atoms with Crippen LogP contribution >= 0.6 is 0 Å². The van der Waals surface area contributed by atoms with Crippen LogP contribution in [0.3, 0.4) is 0 Å². The van der Waals surface area contributed by atoms with Crippen LogP contribution in [-0.4, -0.2) is 78.5 Å². The quantitative estimate of drug-likeness (QED) is 0.488. The molecule has 198 valence electrons. The molecular weight excluding hydrogens is 470 g/mol. The molecule has 6 nitrogen and oxygen atoms in total. The van der Waals surface area contributed by atoms with Gasteiger partial charge in [0.1, 0.15) is 0 Å². The van der Waals surface area contributed by atoms with E-state index in [9.17, 15) is 4.79 Å². The number of hydrogen-bond acceptors (Lipinski definition) is 5. The summed E-state index contributed by atoms with van der Waals surface area (Å²) in [5.74, 6) is -0.365. The lowest BCUT2D eigenvalue weighted by atomic mass is 9.93. The van der Waals surface area contributed by atoms with Crippen molar-refractivity contribution in [1.29, 1.82) is 0 Å². The summed E-state index contributed by atoms with van der Waals surface area (Å²) in [6.45, 7) is 7.22. The number of piperazine rings is 2. The van der Waals surface area contributed by atoms with Gasteiger partial charge in [0.15, 0.2) is 0 Å². The molecule has 0 radical (unpaired) electrons. The molecule has 38 heavy (non-hydrogen) atoms. The van der Waals surface area contributed by atoms with Crippen molar-refractivity contribution in [2.24, 2.45) is 5.73 Å². The topological polar surface area (TPSA) is 64.8 Å². The van der Waals surface area contributed by atoms with Gasteiger partial charge in [-0.25, -0.2) is 0 Å². The summed E-state index contributed by atoms with van der Waals surface area (Å²) in [6.07, 6.45) is 2.32. The normalized spacial score (nSPS) is 24.2. The van der Waals surface area contributed by atoms with Crippen LogP contribution in [-0.2, 0) is 19.5 Å². The minimum Gasteiger partial charge on any atom is -0.366 e. The minimum absolute atomic E-state index is 0.365. The van der Waals surface area contributed by atoms with Gasteiger partial charge in [-0.3, -0.25) is 14.6 Å². The molecule has 1 amide bonds. The fourth-order valence-electron chi connectivity index (χ4n) is 6.55. The Morgan fingerprint density at radius 1 is 0.921 bits per heavy atom. The predicted molar refractivity (Wildman–Crippen MR) is 153 cm³/mol. The lowest BCUT2D eigenvalue weighted by molar-refractivity contribution is 0.0901. The maximum atomic E-state index is 11.7. The number of nitrogens with two attached hydrogens (primary N) is 1. The highest BCUT2D eigenvalue weighted by Gasteiger charge is 2.37. The van der Waals surface area contributed by atoms with Gasteiger partial charge in [0.05, 0.1) is 0 Å². The number of primary amides is 1. The Morgan fingerprint density at radius 2 is 1.79 bits per heavy atom. The third-order valence-corrected chi connectivity index (χ3v) is 8.79. The molecule has 1 unspecified atom stereocenters. The first-order valence-corrected chi connectivity index (χ1v) is 14.0. The molecule has 3 aromatic carbocycles. The average molecular weight is 510 g/mol. The van der Waals surface area contributed by atoms with Crippen molar-refractivity contribution >= 4 is 5.91 Å². The van der Waals surface area contributed by atoms with Crippen molar-refractivity contribution in [3.05, 3.63) is 95.1 Å². The minimum atomic E-state index is -0.365. The molecule has 2 bridgehead atoms. The fraction of sp³-hybridized carbons (Fsp3) is 0.406. The lowest BCUT2D eigenvalue weighted by Crippen LogP contribution is -2.52. The van der Waals surface area contributed by atoms with Gasteiger partial charge < -0.3 is 16.0 Å². The predicted octanol–water partition coefficient (Wildman–Crippen LogP) is 3.36. The van der Waals surface area contributed by atoms with E-state index in [4.69, 9.17) is 5.73 Å². The van der Waals surface area contributed by atoms with Crippen LogP contribution in [0.5, 0.6) is 0 Å². The van der Waals surface area contributed by atoms with E-state index < -0.39 is 0 Å². The molecule has 3 atom stereocenters. The van der Waals surface area contributed by atoms with Crippen LogP contribution in [0.25, 0.3) is 11.1 Å². The van der Waals surface area contributed by atoms with Gasteiger partial charge in [-0.15, -0.1) is 0 Å². The Kier molecular flexibility index (Phi) is 7.30. The standard InChI is InChI=1S/C32H39N5O/c1-35-12-13-36(19-23-6-5-9-26(14-23)32(33)38)22-31(35)16-28-15-25(24-7-3-2-4-8-24)10-11-27(28)20-37-21-29-17-30(37)18-34-29/h2-11,14-15,29-31,34H,12-13,16-22H2,1H3,(H2,33,38)/t29-,30-,31?/m0/s1. The number of benzene rings is 3. The van der Waals surface area contributed by atoms with Crippen LogP contribution in [0.1, 0.15) is 33.5 Å². The average Bonchev–Trinajstić information content (AvgIpc) is 3.56. The zero-order valence-electron chi connectivity index (χ0n) is 22.4. The number of nitrogens with one attached hydrogen (secondary N) is 1. The van der Waals surface area contributed by atoms with E-state index >= 15 is 0 Å². The van der Waals surface area contributed by atoms with E-state index in [0.29, 0.717) is 23.7 Å². The summed E-state index contributed by atoms with van der Waals surface area (Å²) in [4.78, 5) is 19.4. The van der Waals surface area contributed by atoms with Crippen molar-refractivity contribution < 1.29 is 4.79 Å². The van der Waals surface area contributed by atoms with Gasteiger partial charge in [0.2, 0.25) is 5.91 Å². The Bertz CT molecular complexity index is 1280. The van der Waals surface area contributed by atoms with Crippen LogP contribution in [0.15, 0.2) is 72.8 Å². The molecule has 3 aromatic rings. The van der Waals surface area contributed by atoms with Crippen LogP contribution in [0.2, 0.25) is 0 Å². The molecule has 3 fully saturated rings. The number of likely N-dealkylation sites (tertiary alicyclic amines) is 1. The number of likely N-dealkylation sites (N-methyl/N-ethyl adjacent to an activating group) is 1. The van der Waals surface area contributed by atoms with Gasteiger partial charge in [-0.2, -0.15) is 0 Å². The number of carbonyl (C=O) groups excluding carboxylic acids is 1. The number of carbonyl (C=O) groups is 1. The maximum Gasteiger partial charge on any atom is 0.248 e. The van der Waals surface area contributed by atoms with Gasteiger partial charge >= 0.3 is 0 Å². The van der Waals surface area contributed by atoms with E-state index in [1.165, 1.54) is 28.7 Å². The van der Waals surface area contributed by atoms with Gasteiger partial charge in [-0.05, 0) is 59.8 Å². The van der Waals surface area contributed by atoms with Crippen molar-refractivity contribution in [3.8, 4) is 11.1 Å². The SMILES string of the molecule is CN1CCN(Cc2cccc(C(N)=O)c2)CC1Cc1cc(-c2ccccc2)ccc1CN1C[C@@H]2C[C@H]1CN2. The largest absolute Gasteiger partial charge is 0.366 e. The molecule has 0 aromatic heterocycles. The third kappa shape index (κ3) is 5.54. The van der Waals surface area contributed by atoms with E-state index in [0.717, 1.165) is 57.8 Å². The highest BCUT2D eigenvalue weighted by Crippen LogP contribution is 2.30. The van der Waals surface area contributed by atoms with E-state index in [2.05, 4.69) is 81.7 Å². The Labute approximate surface area is 226 Å². The molecule has 3 aliphatic heterocycles. The Hall–Kier alpha value is -3.03. The molecule has 0 spiro atoms. The van der Waals surface area contributed by atoms with Crippen molar-refractivity contribution in [2.45, 2.75) is 44.1 Å². The molecule has 3 N–H and O–H groups in total. The molecule has 6 heteroatoms. The highest BCUT2D eigenvalue weighted by atomic mass is 16.1. The molecule has 3 heterocycles. The first-order valence-electron chi connectivity index (χ1n) is 14.0. The molecule has 0 aliphatic carbocycles. The van der Waals surface area contributed by atoms with E-state index in [1.807, 2.05) is 12.1 Å².